The quantitative estimate of drug-likeness (QED) is 0.606. The number of benzene rings is 1. The number of fused-ring (bicyclic) bond motifs is 1. The first-order chi connectivity index (χ1) is 12.6. The summed E-state index contributed by atoms with van der Waals surface area (Å²) < 4.78 is 1.35. The highest BCUT2D eigenvalue weighted by Gasteiger charge is 2.13. The van der Waals surface area contributed by atoms with Crippen molar-refractivity contribution < 1.29 is 4.79 Å². The Kier molecular flexibility index (Phi) is 4.06. The molecule has 4 aromatic rings. The third-order valence-electron chi connectivity index (χ3n) is 3.92. The van der Waals surface area contributed by atoms with Crippen LogP contribution in [0.1, 0.15) is 15.4 Å². The van der Waals surface area contributed by atoms with Gasteiger partial charge in [-0.15, -0.1) is 11.3 Å². The van der Waals surface area contributed by atoms with E-state index in [9.17, 15) is 9.59 Å². The second kappa shape index (κ2) is 6.53. The number of rotatable bonds is 3. The smallest absolute Gasteiger partial charge is 0.270 e. The molecule has 0 atom stereocenters. The number of carbonyl (C=O) groups is 1. The van der Waals surface area contributed by atoms with Crippen LogP contribution in [0.2, 0.25) is 0 Å². The lowest BCUT2D eigenvalue weighted by Gasteiger charge is -2.07. The van der Waals surface area contributed by atoms with E-state index < -0.39 is 11.5 Å². The van der Waals surface area contributed by atoms with Crippen molar-refractivity contribution in [2.24, 2.45) is 0 Å². The van der Waals surface area contributed by atoms with Crippen molar-refractivity contribution in [3.63, 3.8) is 0 Å². The van der Waals surface area contributed by atoms with Gasteiger partial charge in [-0.3, -0.25) is 14.0 Å². The first-order valence-electron chi connectivity index (χ1n) is 7.92. The molecular formula is C19H14N4O2S. The maximum atomic E-state index is 12.5. The molecule has 0 bridgehead atoms. The van der Waals surface area contributed by atoms with Gasteiger partial charge in [-0.05, 0) is 31.2 Å². The highest BCUT2D eigenvalue weighted by Crippen LogP contribution is 2.23. The zero-order chi connectivity index (χ0) is 18.1. The minimum atomic E-state index is -0.488. The minimum Gasteiger partial charge on any atom is -0.322 e. The van der Waals surface area contributed by atoms with Gasteiger partial charge in [0, 0.05) is 29.0 Å². The predicted octanol–water partition coefficient (Wildman–Crippen LogP) is 3.38. The fraction of sp³-hybridized carbons (Fsp3) is 0.0526. The lowest BCUT2D eigenvalue weighted by Crippen LogP contribution is -2.26. The average Bonchev–Trinajstić information content (AvgIpc) is 3.09. The van der Waals surface area contributed by atoms with Gasteiger partial charge in [0.15, 0.2) is 0 Å². The SMILES string of the molecule is Cc1nc(-c2ccc(NC(=O)c3cnc4ccccn4c3=O)cc2)cs1. The van der Waals surface area contributed by atoms with Crippen molar-refractivity contribution in [3.8, 4) is 11.3 Å². The van der Waals surface area contributed by atoms with Crippen molar-refractivity contribution in [2.45, 2.75) is 6.92 Å². The summed E-state index contributed by atoms with van der Waals surface area (Å²) in [6.07, 6.45) is 2.89. The van der Waals surface area contributed by atoms with E-state index in [1.807, 2.05) is 24.4 Å². The molecule has 0 spiro atoms. The van der Waals surface area contributed by atoms with Crippen LogP contribution in [-0.2, 0) is 0 Å². The van der Waals surface area contributed by atoms with E-state index in [4.69, 9.17) is 0 Å². The molecule has 3 aromatic heterocycles. The van der Waals surface area contributed by atoms with Crippen LogP contribution in [0.25, 0.3) is 16.9 Å². The molecule has 128 valence electrons. The summed E-state index contributed by atoms with van der Waals surface area (Å²) in [4.78, 5) is 33.5. The first-order valence-corrected chi connectivity index (χ1v) is 8.80. The summed E-state index contributed by atoms with van der Waals surface area (Å²) >= 11 is 1.59. The number of anilines is 1. The number of nitrogens with zero attached hydrogens (tertiary/aromatic N) is 3. The van der Waals surface area contributed by atoms with E-state index in [-0.39, 0.29) is 5.56 Å². The second-order valence-corrected chi connectivity index (χ2v) is 6.75. The van der Waals surface area contributed by atoms with Gasteiger partial charge in [-0.1, -0.05) is 18.2 Å². The Hall–Kier alpha value is -3.32. The summed E-state index contributed by atoms with van der Waals surface area (Å²) in [6.45, 7) is 1.96. The summed E-state index contributed by atoms with van der Waals surface area (Å²) in [7, 11) is 0. The number of carbonyl (C=O) groups excluding carboxylic acids is 1. The number of nitrogens with one attached hydrogen (secondary N) is 1. The van der Waals surface area contributed by atoms with E-state index in [1.54, 1.807) is 47.9 Å². The Labute approximate surface area is 152 Å². The monoisotopic (exact) mass is 362 g/mol. The predicted molar refractivity (Wildman–Crippen MR) is 102 cm³/mol. The molecule has 0 aliphatic rings. The average molecular weight is 362 g/mol. The van der Waals surface area contributed by atoms with Gasteiger partial charge in [0.05, 0.1) is 10.7 Å². The highest BCUT2D eigenvalue weighted by molar-refractivity contribution is 7.09. The van der Waals surface area contributed by atoms with Gasteiger partial charge < -0.3 is 5.32 Å². The molecule has 1 N–H and O–H groups in total. The van der Waals surface area contributed by atoms with Gasteiger partial charge in [0.2, 0.25) is 0 Å². The van der Waals surface area contributed by atoms with Crippen molar-refractivity contribution in [1.82, 2.24) is 14.4 Å². The molecule has 0 fully saturated rings. The molecule has 0 unspecified atom stereocenters. The third kappa shape index (κ3) is 3.00. The number of hydrogen-bond donors (Lipinski definition) is 1. The standard InChI is InChI=1S/C19H14N4O2S/c1-12-21-16(11-26-12)13-5-7-14(8-6-13)22-18(24)15-10-20-17-4-2-3-9-23(17)19(15)25/h2-11H,1H3,(H,22,24). The number of pyridine rings is 1. The molecule has 1 aromatic carbocycles. The van der Waals surface area contributed by atoms with Crippen LogP contribution in [-0.4, -0.2) is 20.3 Å². The van der Waals surface area contributed by atoms with E-state index in [1.165, 1.54) is 10.6 Å². The molecule has 0 aliphatic carbocycles. The zero-order valence-electron chi connectivity index (χ0n) is 13.8. The van der Waals surface area contributed by atoms with Gasteiger partial charge in [-0.2, -0.15) is 0 Å². The van der Waals surface area contributed by atoms with Crippen LogP contribution in [0.4, 0.5) is 5.69 Å². The molecule has 0 radical (unpaired) electrons. The largest absolute Gasteiger partial charge is 0.322 e. The maximum absolute atomic E-state index is 12.5. The third-order valence-corrected chi connectivity index (χ3v) is 4.69. The fourth-order valence-corrected chi connectivity index (χ4v) is 3.22. The lowest BCUT2D eigenvalue weighted by atomic mass is 10.1. The molecule has 3 heterocycles. The Morgan fingerprint density at radius 2 is 1.96 bits per heavy atom. The van der Waals surface area contributed by atoms with Crippen molar-refractivity contribution >= 4 is 28.6 Å². The number of thiazole rings is 1. The lowest BCUT2D eigenvalue weighted by molar-refractivity contribution is 0.102. The number of aryl methyl sites for hydroxylation is 1. The molecule has 26 heavy (non-hydrogen) atoms. The number of amides is 1. The van der Waals surface area contributed by atoms with E-state index in [0.29, 0.717) is 11.3 Å². The molecule has 0 saturated heterocycles. The van der Waals surface area contributed by atoms with Crippen LogP contribution in [0.15, 0.2) is 65.0 Å². The maximum Gasteiger partial charge on any atom is 0.270 e. The van der Waals surface area contributed by atoms with Crippen LogP contribution in [0.3, 0.4) is 0 Å². The van der Waals surface area contributed by atoms with E-state index in [0.717, 1.165) is 16.3 Å². The van der Waals surface area contributed by atoms with Gasteiger partial charge >= 0.3 is 0 Å². The van der Waals surface area contributed by atoms with Crippen LogP contribution in [0, 0.1) is 6.92 Å². The normalized spacial score (nSPS) is 10.8. The van der Waals surface area contributed by atoms with E-state index >= 15 is 0 Å². The Balaban J connectivity index is 1.58. The van der Waals surface area contributed by atoms with Crippen molar-refractivity contribution in [3.05, 3.63) is 81.2 Å². The second-order valence-electron chi connectivity index (χ2n) is 5.69. The zero-order valence-corrected chi connectivity index (χ0v) is 14.7. The summed E-state index contributed by atoms with van der Waals surface area (Å²) in [5, 5.41) is 5.73. The van der Waals surface area contributed by atoms with Crippen molar-refractivity contribution in [1.29, 1.82) is 0 Å². The van der Waals surface area contributed by atoms with Gasteiger partial charge in [-0.25, -0.2) is 9.97 Å². The van der Waals surface area contributed by atoms with Crippen LogP contribution in [0.5, 0.6) is 0 Å². The Morgan fingerprint density at radius 3 is 2.69 bits per heavy atom. The number of hydrogen-bond acceptors (Lipinski definition) is 5. The highest BCUT2D eigenvalue weighted by atomic mass is 32.1. The molecule has 4 rings (SSSR count). The van der Waals surface area contributed by atoms with Gasteiger partial charge in [0.1, 0.15) is 11.2 Å². The molecule has 7 heteroatoms. The van der Waals surface area contributed by atoms with Crippen molar-refractivity contribution in [2.75, 3.05) is 5.32 Å². The molecule has 0 aliphatic heterocycles. The topological polar surface area (TPSA) is 76.4 Å². The first kappa shape index (κ1) is 16.2. The van der Waals surface area contributed by atoms with Crippen LogP contribution >= 0.6 is 11.3 Å². The Morgan fingerprint density at radius 1 is 1.15 bits per heavy atom. The summed E-state index contributed by atoms with van der Waals surface area (Å²) in [5.74, 6) is -0.488. The van der Waals surface area contributed by atoms with Gasteiger partial charge in [0.25, 0.3) is 11.5 Å². The summed E-state index contributed by atoms with van der Waals surface area (Å²) in [6, 6.07) is 12.6. The Bertz CT molecular complexity index is 1160. The fourth-order valence-electron chi connectivity index (χ4n) is 2.60. The molecule has 0 saturated carbocycles. The molecule has 1 amide bonds. The number of aromatic nitrogens is 3. The molecular weight excluding hydrogens is 348 g/mol. The van der Waals surface area contributed by atoms with E-state index in [2.05, 4.69) is 15.3 Å². The summed E-state index contributed by atoms with van der Waals surface area (Å²) in [5.41, 5.74) is 2.57. The minimum absolute atomic E-state index is 0.00657. The molecule has 6 nitrogen and oxygen atoms in total. The van der Waals surface area contributed by atoms with Crippen LogP contribution < -0.4 is 10.9 Å².